The summed E-state index contributed by atoms with van der Waals surface area (Å²) in [5.74, 6) is 0.732. The fourth-order valence-corrected chi connectivity index (χ4v) is 7.16. The van der Waals surface area contributed by atoms with Gasteiger partial charge in [-0.3, -0.25) is 10.6 Å². The third kappa shape index (κ3) is 10.1. The summed E-state index contributed by atoms with van der Waals surface area (Å²) in [6, 6.07) is 4.88. The van der Waals surface area contributed by atoms with Crippen LogP contribution in [0.25, 0.3) is 44.3 Å². The van der Waals surface area contributed by atoms with Crippen molar-refractivity contribution in [3.63, 3.8) is 0 Å². The van der Waals surface area contributed by atoms with Crippen LogP contribution in [-0.4, -0.2) is 88.5 Å². The van der Waals surface area contributed by atoms with Crippen molar-refractivity contribution in [3.8, 4) is 22.3 Å². The molecule has 0 spiro atoms. The van der Waals surface area contributed by atoms with Gasteiger partial charge in [0.1, 0.15) is 17.0 Å². The van der Waals surface area contributed by atoms with Gasteiger partial charge in [-0.2, -0.15) is 0 Å². The highest BCUT2D eigenvalue weighted by molar-refractivity contribution is 5.93. The van der Waals surface area contributed by atoms with Gasteiger partial charge in [0.2, 0.25) is 11.9 Å². The summed E-state index contributed by atoms with van der Waals surface area (Å²) in [6.07, 6.45) is 9.29. The first-order chi connectivity index (χ1) is 29.1. The number of nitrogens with zero attached hydrogens (tertiary/aromatic N) is 6. The standard InChI is InChI=1S/C21H25FN6O3.C21H26N6O3.CH4/c1-4-23-20(29)28-19-26-13-8-12(11-9-24-18(25-10-11)21(2,3)30)16(22)15(17(13)27-19)14-6-5-7-31-14;1-4-22-20(28)27-19-25-15-9-12(13-10-23-18(24-11-13)21(2,3)29)8-14(17(15)26-19)16-6-5-7-30-16;/h8-10,14,30H,4-7H2,1-3H3,(H3,23,26,27,28,29);8-11,16,29H,4-7H2,1-3H3,(H3,22,25,26,27,28);1H4/t14-;16-;/m11./s1. The molecule has 0 unspecified atom stereocenters. The highest BCUT2D eigenvalue weighted by Gasteiger charge is 2.29. The lowest BCUT2D eigenvalue weighted by molar-refractivity contribution is 0.0682. The number of urea groups is 2. The normalized spacial score (nSPS) is 16.4. The molecule has 2 aliphatic rings. The molecule has 2 saturated heterocycles. The highest BCUT2D eigenvalue weighted by Crippen LogP contribution is 2.40. The van der Waals surface area contributed by atoms with Crippen molar-refractivity contribution in [2.24, 2.45) is 0 Å². The fourth-order valence-electron chi connectivity index (χ4n) is 7.16. The third-order valence-corrected chi connectivity index (χ3v) is 10.1. The number of H-pyrrole nitrogens is 2. The largest absolute Gasteiger partial charge is 0.382 e. The number of aliphatic hydroxyl groups is 2. The number of carbonyl (C=O) groups is 2. The van der Waals surface area contributed by atoms with Crippen molar-refractivity contribution in [1.29, 1.82) is 0 Å². The number of aromatic nitrogens is 8. The summed E-state index contributed by atoms with van der Waals surface area (Å²) >= 11 is 0. The minimum absolute atomic E-state index is 0. The number of rotatable bonds is 10. The van der Waals surface area contributed by atoms with Gasteiger partial charge < -0.3 is 40.3 Å². The number of amides is 4. The van der Waals surface area contributed by atoms with Gasteiger partial charge in [-0.15, -0.1) is 0 Å². The molecule has 62 heavy (non-hydrogen) atoms. The lowest BCUT2D eigenvalue weighted by Crippen LogP contribution is -2.28. The second kappa shape index (κ2) is 18.9. The first-order valence-electron chi connectivity index (χ1n) is 20.3. The Kier molecular flexibility index (Phi) is 13.8. The number of ether oxygens (including phenoxy) is 2. The van der Waals surface area contributed by atoms with E-state index in [9.17, 15) is 19.8 Å². The second-order valence-corrected chi connectivity index (χ2v) is 15.9. The molecule has 2 aliphatic heterocycles. The van der Waals surface area contributed by atoms with Crippen molar-refractivity contribution < 1.29 is 33.7 Å². The lowest BCUT2D eigenvalue weighted by Gasteiger charge is -2.16. The minimum atomic E-state index is -1.20. The highest BCUT2D eigenvalue weighted by atomic mass is 19.1. The molecule has 330 valence electrons. The molecule has 6 aromatic rings. The fraction of sp³-hybridized carbons (Fsp3) is 0.442. The Labute approximate surface area is 358 Å². The second-order valence-electron chi connectivity index (χ2n) is 15.9. The number of imidazole rings is 2. The number of carbonyl (C=O) groups excluding carboxylic acids is 2. The van der Waals surface area contributed by atoms with Gasteiger partial charge in [0.15, 0.2) is 11.6 Å². The van der Waals surface area contributed by atoms with Crippen LogP contribution in [0, 0.1) is 5.82 Å². The zero-order valence-electron chi connectivity index (χ0n) is 34.9. The summed E-state index contributed by atoms with van der Waals surface area (Å²) in [5.41, 5.74) is 4.00. The first-order valence-corrected chi connectivity index (χ1v) is 20.3. The lowest BCUT2D eigenvalue weighted by atomic mass is 9.98. The monoisotopic (exact) mass is 854 g/mol. The van der Waals surface area contributed by atoms with E-state index < -0.39 is 29.2 Å². The molecule has 0 bridgehead atoms. The van der Waals surface area contributed by atoms with E-state index in [2.05, 4.69) is 61.1 Å². The van der Waals surface area contributed by atoms with Crippen LogP contribution in [-0.2, 0) is 20.7 Å². The summed E-state index contributed by atoms with van der Waals surface area (Å²) in [7, 11) is 0. The van der Waals surface area contributed by atoms with Crippen LogP contribution >= 0.6 is 0 Å². The average molecular weight is 855 g/mol. The van der Waals surface area contributed by atoms with Gasteiger partial charge >= 0.3 is 12.1 Å². The molecule has 0 saturated carbocycles. The number of anilines is 2. The van der Waals surface area contributed by atoms with Gasteiger partial charge in [-0.05, 0) is 91.0 Å². The topological polar surface area (TPSA) is 250 Å². The molecular formula is C43H55FN12O6. The first kappa shape index (κ1) is 45.4. The van der Waals surface area contributed by atoms with E-state index >= 15 is 4.39 Å². The molecule has 2 fully saturated rings. The summed E-state index contributed by atoms with van der Waals surface area (Å²) < 4.78 is 27.4. The summed E-state index contributed by atoms with van der Waals surface area (Å²) in [4.78, 5) is 56.0. The number of halogens is 1. The van der Waals surface area contributed by atoms with E-state index in [1.165, 1.54) is 12.4 Å². The molecule has 19 heteroatoms. The molecule has 6 heterocycles. The third-order valence-electron chi connectivity index (χ3n) is 10.1. The van der Waals surface area contributed by atoms with E-state index in [1.54, 1.807) is 53.1 Å². The van der Waals surface area contributed by atoms with E-state index in [0.717, 1.165) is 47.0 Å². The van der Waals surface area contributed by atoms with Crippen molar-refractivity contribution >= 4 is 46.0 Å². The van der Waals surface area contributed by atoms with Crippen LogP contribution in [0.2, 0.25) is 0 Å². The summed E-state index contributed by atoms with van der Waals surface area (Å²) in [5, 5.41) is 30.8. The summed E-state index contributed by atoms with van der Waals surface area (Å²) in [6.45, 7) is 12.4. The van der Waals surface area contributed by atoms with Crippen molar-refractivity contribution in [1.82, 2.24) is 50.5 Å². The molecule has 2 atom stereocenters. The molecule has 8 N–H and O–H groups in total. The number of fused-ring (bicyclic) bond motifs is 2. The smallest absolute Gasteiger partial charge is 0.321 e. The Balaban J connectivity index is 0.000000204. The Morgan fingerprint density at radius 3 is 1.69 bits per heavy atom. The number of aromatic amines is 2. The quantitative estimate of drug-likeness (QED) is 0.0678. The number of hydrogen-bond donors (Lipinski definition) is 8. The minimum Gasteiger partial charge on any atom is -0.382 e. The van der Waals surface area contributed by atoms with E-state index in [4.69, 9.17) is 9.47 Å². The maximum absolute atomic E-state index is 15.7. The number of benzene rings is 2. The van der Waals surface area contributed by atoms with Crippen LogP contribution in [0.1, 0.15) is 110 Å². The average Bonchev–Trinajstić information content (AvgIpc) is 4.06. The zero-order chi connectivity index (χ0) is 43.5. The van der Waals surface area contributed by atoms with Crippen LogP contribution in [0.4, 0.5) is 25.9 Å². The molecular weight excluding hydrogens is 800 g/mol. The van der Waals surface area contributed by atoms with E-state index in [-0.39, 0.29) is 36.9 Å². The number of hydrogen-bond acceptors (Lipinski definition) is 12. The molecule has 2 aromatic carbocycles. The SMILES string of the molecule is C.CCNC(=O)Nc1nc2c([C@H]3CCCO3)c(F)c(-c3cnc(C(C)(C)O)nc3)cc2[nH]1.CCNC(=O)Nc1nc2c([C@H]3CCCO3)cc(-c3cnc(C(C)(C)O)nc3)cc2[nH]1. The van der Waals surface area contributed by atoms with Crippen molar-refractivity contribution in [3.05, 3.63) is 71.6 Å². The molecule has 8 rings (SSSR count). The van der Waals surface area contributed by atoms with Crippen LogP contribution < -0.4 is 21.3 Å². The number of nitrogens with one attached hydrogen (secondary N) is 6. The van der Waals surface area contributed by atoms with Gasteiger partial charge in [-0.1, -0.05) is 7.43 Å². The zero-order valence-corrected chi connectivity index (χ0v) is 34.9. The maximum Gasteiger partial charge on any atom is 0.321 e. The van der Waals surface area contributed by atoms with Crippen LogP contribution in [0.3, 0.4) is 0 Å². The predicted octanol–water partition coefficient (Wildman–Crippen LogP) is 7.26. The van der Waals surface area contributed by atoms with Crippen molar-refractivity contribution in [2.75, 3.05) is 36.9 Å². The van der Waals surface area contributed by atoms with Gasteiger partial charge in [0.05, 0.1) is 34.3 Å². The van der Waals surface area contributed by atoms with Crippen LogP contribution in [0.15, 0.2) is 43.0 Å². The predicted molar refractivity (Wildman–Crippen MR) is 233 cm³/mol. The Bertz CT molecular complexity index is 2500. The molecule has 4 amide bonds. The van der Waals surface area contributed by atoms with Crippen molar-refractivity contribution in [2.45, 2.75) is 98.1 Å². The Hall–Kier alpha value is -6.15. The van der Waals surface area contributed by atoms with E-state index in [0.29, 0.717) is 66.7 Å². The van der Waals surface area contributed by atoms with E-state index in [1.807, 2.05) is 19.1 Å². The Morgan fingerprint density at radius 2 is 1.21 bits per heavy atom. The molecule has 0 radical (unpaired) electrons. The molecule has 4 aromatic heterocycles. The molecule has 18 nitrogen and oxygen atoms in total. The maximum atomic E-state index is 15.7. The molecule has 0 aliphatic carbocycles. The Morgan fingerprint density at radius 1 is 0.726 bits per heavy atom. The van der Waals surface area contributed by atoms with Gasteiger partial charge in [0.25, 0.3) is 0 Å². The van der Waals surface area contributed by atoms with Gasteiger partial charge in [-0.25, -0.2) is 43.9 Å². The van der Waals surface area contributed by atoms with Crippen LogP contribution in [0.5, 0.6) is 0 Å². The van der Waals surface area contributed by atoms with Gasteiger partial charge in [0, 0.05) is 78.9 Å².